The molecule has 1 atom stereocenters. The Morgan fingerprint density at radius 2 is 1.87 bits per heavy atom. The second-order valence-corrected chi connectivity index (χ2v) is 12.2. The van der Waals surface area contributed by atoms with E-state index in [4.69, 9.17) is 4.43 Å². The van der Waals surface area contributed by atoms with Gasteiger partial charge >= 0.3 is 0 Å². The summed E-state index contributed by atoms with van der Waals surface area (Å²) in [6, 6.07) is 9.14. The molecule has 0 bridgehead atoms. The molecule has 1 rings (SSSR count). The minimum absolute atomic E-state index is 0.0321. The third kappa shape index (κ3) is 6.81. The summed E-state index contributed by atoms with van der Waals surface area (Å²) < 4.78 is 6.05. The van der Waals surface area contributed by atoms with E-state index in [1.165, 1.54) is 6.08 Å². The van der Waals surface area contributed by atoms with Crippen molar-refractivity contribution in [2.75, 3.05) is 6.61 Å². The number of rotatable bonds is 8. The number of aliphatic hydroxyl groups excluding tert-OH is 1. The molecule has 1 N–H and O–H groups in total. The van der Waals surface area contributed by atoms with Crippen LogP contribution in [0.3, 0.4) is 0 Å². The summed E-state index contributed by atoms with van der Waals surface area (Å²) in [4.78, 5) is 11.9. The Kier molecular flexibility index (Phi) is 7.38. The molecular weight excluding hydrogens is 304 g/mol. The smallest absolute Gasteiger partial charge is 0.191 e. The summed E-state index contributed by atoms with van der Waals surface area (Å²) in [5, 5.41) is 10.2. The van der Waals surface area contributed by atoms with Crippen LogP contribution >= 0.6 is 0 Å². The highest BCUT2D eigenvalue weighted by atomic mass is 28.4. The number of hydrogen-bond donors (Lipinski definition) is 1. The van der Waals surface area contributed by atoms with Gasteiger partial charge in [-0.2, -0.15) is 0 Å². The lowest BCUT2D eigenvalue weighted by atomic mass is 10.1. The number of ketones is 1. The summed E-state index contributed by atoms with van der Waals surface area (Å²) in [6.45, 7) is 11.6. The van der Waals surface area contributed by atoms with Crippen LogP contribution in [0.1, 0.15) is 44.0 Å². The van der Waals surface area contributed by atoms with E-state index in [1.54, 1.807) is 18.2 Å². The Morgan fingerprint density at radius 1 is 1.26 bits per heavy atom. The highest BCUT2D eigenvalue weighted by Crippen LogP contribution is 2.36. The molecule has 0 heterocycles. The van der Waals surface area contributed by atoms with Crippen molar-refractivity contribution in [2.24, 2.45) is 0 Å². The quantitative estimate of drug-likeness (QED) is 0.430. The predicted molar refractivity (Wildman–Crippen MR) is 98.3 cm³/mol. The lowest BCUT2D eigenvalue weighted by Gasteiger charge is -2.36. The van der Waals surface area contributed by atoms with Crippen molar-refractivity contribution >= 4 is 14.1 Å². The topological polar surface area (TPSA) is 46.5 Å². The normalized spacial score (nSPS) is 14.2. The first-order valence-electron chi connectivity index (χ1n) is 8.21. The second kappa shape index (κ2) is 8.57. The maximum Gasteiger partial charge on any atom is 0.191 e. The Bertz CT molecular complexity index is 515. The van der Waals surface area contributed by atoms with Gasteiger partial charge < -0.3 is 9.53 Å². The van der Waals surface area contributed by atoms with E-state index in [2.05, 4.69) is 33.9 Å². The fraction of sp³-hybridized carbons (Fsp3) is 0.526. The van der Waals surface area contributed by atoms with Crippen molar-refractivity contribution in [1.29, 1.82) is 0 Å². The SMILES string of the molecule is CC(C)(C)[Si](C)(C)OCC[C@H](O)C/C=C/C(=O)c1ccccc1. The van der Waals surface area contributed by atoms with E-state index >= 15 is 0 Å². The van der Waals surface area contributed by atoms with Crippen LogP contribution in [0.25, 0.3) is 0 Å². The number of hydrogen-bond acceptors (Lipinski definition) is 3. The lowest BCUT2D eigenvalue weighted by molar-refractivity contribution is 0.104. The van der Waals surface area contributed by atoms with Gasteiger partial charge in [-0.15, -0.1) is 0 Å². The molecule has 0 aliphatic rings. The Labute approximate surface area is 141 Å². The molecule has 3 nitrogen and oxygen atoms in total. The summed E-state index contributed by atoms with van der Waals surface area (Å²) in [7, 11) is -1.75. The van der Waals surface area contributed by atoms with Crippen LogP contribution < -0.4 is 0 Å². The Morgan fingerprint density at radius 3 is 2.43 bits per heavy atom. The van der Waals surface area contributed by atoms with Gasteiger partial charge in [0.1, 0.15) is 0 Å². The van der Waals surface area contributed by atoms with E-state index in [9.17, 15) is 9.90 Å². The number of carbonyl (C=O) groups is 1. The van der Waals surface area contributed by atoms with Crippen LogP contribution in [0.4, 0.5) is 0 Å². The molecule has 23 heavy (non-hydrogen) atoms. The summed E-state index contributed by atoms with van der Waals surface area (Å²) >= 11 is 0. The minimum Gasteiger partial charge on any atom is -0.417 e. The van der Waals surface area contributed by atoms with Crippen LogP contribution in [0.5, 0.6) is 0 Å². The molecule has 0 amide bonds. The fourth-order valence-electron chi connectivity index (χ4n) is 1.82. The zero-order chi connectivity index (χ0) is 17.5. The highest BCUT2D eigenvalue weighted by molar-refractivity contribution is 6.74. The molecule has 4 heteroatoms. The molecular formula is C19H30O3Si. The predicted octanol–water partition coefficient (Wildman–Crippen LogP) is 4.59. The third-order valence-electron chi connectivity index (χ3n) is 4.46. The van der Waals surface area contributed by atoms with Gasteiger partial charge in [-0.05, 0) is 37.0 Å². The number of carbonyl (C=O) groups excluding carboxylic acids is 1. The fourth-order valence-corrected chi connectivity index (χ4v) is 2.88. The molecule has 0 fully saturated rings. The first-order valence-corrected chi connectivity index (χ1v) is 11.1. The first kappa shape index (κ1) is 19.8. The van der Waals surface area contributed by atoms with Gasteiger partial charge in [0.05, 0.1) is 6.10 Å². The molecule has 0 saturated carbocycles. The summed E-state index contributed by atoms with van der Waals surface area (Å²) in [6.07, 6.45) is 3.87. The van der Waals surface area contributed by atoms with Crippen molar-refractivity contribution < 1.29 is 14.3 Å². The molecule has 0 aliphatic heterocycles. The monoisotopic (exact) mass is 334 g/mol. The standard InChI is InChI=1S/C19H30O3Si/c1-19(2,3)23(4,5)22-15-14-17(20)12-9-13-18(21)16-10-7-6-8-11-16/h6-11,13,17,20H,12,14-15H2,1-5H3/b13-9+/t17-/m1/s1. The van der Waals surface area contributed by atoms with Crippen molar-refractivity contribution in [3.63, 3.8) is 0 Å². The van der Waals surface area contributed by atoms with Crippen molar-refractivity contribution in [3.05, 3.63) is 48.0 Å². The minimum atomic E-state index is -1.75. The Balaban J connectivity index is 2.33. The second-order valence-electron chi connectivity index (χ2n) is 7.42. The van der Waals surface area contributed by atoms with Crippen LogP contribution in [0, 0.1) is 0 Å². The van der Waals surface area contributed by atoms with Gasteiger partial charge in [0, 0.05) is 12.2 Å². The summed E-state index contributed by atoms with van der Waals surface area (Å²) in [5.74, 6) is -0.0321. The van der Waals surface area contributed by atoms with Gasteiger partial charge in [0.25, 0.3) is 0 Å². The van der Waals surface area contributed by atoms with E-state index in [0.29, 0.717) is 25.0 Å². The molecule has 0 aliphatic carbocycles. The third-order valence-corrected chi connectivity index (χ3v) is 8.99. The van der Waals surface area contributed by atoms with Crippen molar-refractivity contribution in [1.82, 2.24) is 0 Å². The number of aliphatic hydroxyl groups is 1. The lowest BCUT2D eigenvalue weighted by Crippen LogP contribution is -2.41. The van der Waals surface area contributed by atoms with Gasteiger partial charge in [0.2, 0.25) is 0 Å². The first-order chi connectivity index (χ1) is 10.6. The average Bonchev–Trinajstić information content (AvgIpc) is 2.46. The molecule has 0 spiro atoms. The van der Waals surface area contributed by atoms with Crippen LogP contribution in [0.2, 0.25) is 18.1 Å². The van der Waals surface area contributed by atoms with Crippen LogP contribution in [-0.2, 0) is 4.43 Å². The molecule has 0 saturated heterocycles. The van der Waals surface area contributed by atoms with Crippen LogP contribution in [-0.4, -0.2) is 31.9 Å². The van der Waals surface area contributed by atoms with Gasteiger partial charge in [-0.1, -0.05) is 57.2 Å². The zero-order valence-electron chi connectivity index (χ0n) is 15.0. The van der Waals surface area contributed by atoms with Crippen molar-refractivity contribution in [3.8, 4) is 0 Å². The Hall–Kier alpha value is -1.23. The van der Waals surface area contributed by atoms with Crippen molar-refractivity contribution in [2.45, 2.75) is 57.8 Å². The highest BCUT2D eigenvalue weighted by Gasteiger charge is 2.36. The molecule has 1 aromatic rings. The van der Waals surface area contributed by atoms with E-state index < -0.39 is 14.4 Å². The average molecular weight is 335 g/mol. The molecule has 0 unspecified atom stereocenters. The van der Waals surface area contributed by atoms with Crippen LogP contribution in [0.15, 0.2) is 42.5 Å². The van der Waals surface area contributed by atoms with E-state index in [1.807, 2.05) is 18.2 Å². The van der Waals surface area contributed by atoms with E-state index in [-0.39, 0.29) is 10.8 Å². The summed E-state index contributed by atoms with van der Waals surface area (Å²) in [5.41, 5.74) is 0.666. The van der Waals surface area contributed by atoms with Gasteiger partial charge in [-0.3, -0.25) is 4.79 Å². The number of benzene rings is 1. The van der Waals surface area contributed by atoms with E-state index in [0.717, 1.165) is 0 Å². The molecule has 1 aromatic carbocycles. The largest absolute Gasteiger partial charge is 0.417 e. The molecule has 128 valence electrons. The van der Waals surface area contributed by atoms with Gasteiger partial charge in [-0.25, -0.2) is 0 Å². The maximum atomic E-state index is 11.9. The molecule has 0 radical (unpaired) electrons. The molecule has 0 aromatic heterocycles. The number of allylic oxidation sites excluding steroid dienone is 1. The maximum absolute atomic E-state index is 11.9. The van der Waals surface area contributed by atoms with Gasteiger partial charge in [0.15, 0.2) is 14.1 Å². The zero-order valence-corrected chi connectivity index (χ0v) is 16.0.